The second-order valence-corrected chi connectivity index (χ2v) is 5.17. The zero-order valence-corrected chi connectivity index (χ0v) is 12.4. The lowest BCUT2D eigenvalue weighted by Gasteiger charge is -2.23. The van der Waals surface area contributed by atoms with Gasteiger partial charge in [0, 0.05) is 6.42 Å². The smallest absolute Gasteiger partial charge is 0.122 e. The van der Waals surface area contributed by atoms with Crippen molar-refractivity contribution in [2.75, 3.05) is 13.2 Å². The topological polar surface area (TPSA) is 45.0 Å². The number of benzene rings is 1. The van der Waals surface area contributed by atoms with Crippen molar-refractivity contribution in [1.29, 1.82) is 5.26 Å². The van der Waals surface area contributed by atoms with E-state index >= 15 is 0 Å². The summed E-state index contributed by atoms with van der Waals surface area (Å²) in [5.74, 6) is 0.913. The Balaban J connectivity index is 2.53. The molecule has 0 radical (unpaired) electrons. The van der Waals surface area contributed by atoms with Crippen molar-refractivity contribution in [3.8, 4) is 11.8 Å². The fourth-order valence-corrected chi connectivity index (χ4v) is 1.83. The predicted molar refractivity (Wildman–Crippen MR) is 78.3 cm³/mol. The Morgan fingerprint density at radius 3 is 2.74 bits per heavy atom. The van der Waals surface area contributed by atoms with Crippen molar-refractivity contribution in [2.45, 2.75) is 46.1 Å². The van der Waals surface area contributed by atoms with E-state index in [4.69, 9.17) is 4.74 Å². The number of ether oxygens (including phenoxy) is 1. The van der Waals surface area contributed by atoms with Gasteiger partial charge in [0.05, 0.1) is 12.7 Å². The maximum absolute atomic E-state index is 9.24. The molecular formula is C16H24N2O. The number of hydrogen-bond donors (Lipinski definition) is 1. The van der Waals surface area contributed by atoms with Crippen LogP contribution in [-0.2, 0) is 0 Å². The number of nitriles is 1. The van der Waals surface area contributed by atoms with Crippen LogP contribution in [0.25, 0.3) is 0 Å². The van der Waals surface area contributed by atoms with E-state index in [1.165, 1.54) is 11.1 Å². The highest BCUT2D eigenvalue weighted by molar-refractivity contribution is 5.38. The van der Waals surface area contributed by atoms with Gasteiger partial charge in [-0.1, -0.05) is 19.1 Å². The van der Waals surface area contributed by atoms with Crippen LogP contribution in [0.15, 0.2) is 18.2 Å². The first-order valence-corrected chi connectivity index (χ1v) is 6.87. The Labute approximate surface area is 116 Å². The second-order valence-electron chi connectivity index (χ2n) is 5.17. The lowest BCUT2D eigenvalue weighted by Crippen LogP contribution is -2.42. The number of aryl methyl sites for hydroxylation is 1. The Bertz CT molecular complexity index is 451. The second kappa shape index (κ2) is 7.16. The van der Waals surface area contributed by atoms with Crippen LogP contribution < -0.4 is 10.1 Å². The van der Waals surface area contributed by atoms with Gasteiger partial charge in [-0.2, -0.15) is 5.26 Å². The lowest BCUT2D eigenvalue weighted by molar-refractivity contribution is 0.266. The molecule has 1 aromatic rings. The molecule has 0 amide bonds. The van der Waals surface area contributed by atoms with E-state index in [0.29, 0.717) is 13.0 Å². The van der Waals surface area contributed by atoms with Crippen molar-refractivity contribution in [1.82, 2.24) is 5.32 Å². The van der Waals surface area contributed by atoms with Gasteiger partial charge >= 0.3 is 0 Å². The lowest BCUT2D eigenvalue weighted by atomic mass is 10.0. The summed E-state index contributed by atoms with van der Waals surface area (Å²) in [6.07, 6.45) is 1.70. The molecule has 0 aliphatic carbocycles. The van der Waals surface area contributed by atoms with Gasteiger partial charge in [-0.05, 0) is 50.9 Å². The Hall–Kier alpha value is -1.53. The summed E-state index contributed by atoms with van der Waals surface area (Å²) in [7, 11) is 0. The number of rotatable bonds is 7. The molecule has 3 heteroatoms. The number of nitrogens with one attached hydrogen (secondary N) is 1. The molecule has 1 aromatic carbocycles. The van der Waals surface area contributed by atoms with Crippen LogP contribution in [0.2, 0.25) is 0 Å². The van der Waals surface area contributed by atoms with Gasteiger partial charge in [-0.15, -0.1) is 0 Å². The summed E-state index contributed by atoms with van der Waals surface area (Å²) >= 11 is 0. The zero-order chi connectivity index (χ0) is 14.3. The number of hydrogen-bond acceptors (Lipinski definition) is 3. The highest BCUT2D eigenvalue weighted by Crippen LogP contribution is 2.21. The monoisotopic (exact) mass is 260 g/mol. The van der Waals surface area contributed by atoms with Gasteiger partial charge in [-0.3, -0.25) is 5.32 Å². The maximum atomic E-state index is 9.24. The van der Waals surface area contributed by atoms with Gasteiger partial charge in [-0.25, -0.2) is 0 Å². The molecule has 1 atom stereocenters. The maximum Gasteiger partial charge on any atom is 0.122 e. The molecule has 104 valence electrons. The molecule has 0 saturated carbocycles. The molecule has 0 fully saturated rings. The average Bonchev–Trinajstić information content (AvgIpc) is 2.41. The standard InChI is InChI=1S/C16H24N2O/c1-5-10-18-16(4,12-17)9-11-19-15-8-6-7-13(2)14(15)3/h6-8,18H,5,9-11H2,1-4H3. The summed E-state index contributed by atoms with van der Waals surface area (Å²) in [6, 6.07) is 8.38. The normalized spacial score (nSPS) is 13.6. The Morgan fingerprint density at radius 1 is 1.37 bits per heavy atom. The van der Waals surface area contributed by atoms with E-state index in [1.54, 1.807) is 0 Å². The van der Waals surface area contributed by atoms with E-state index in [2.05, 4.69) is 38.2 Å². The molecular weight excluding hydrogens is 236 g/mol. The first kappa shape index (κ1) is 15.5. The molecule has 19 heavy (non-hydrogen) atoms. The van der Waals surface area contributed by atoms with Gasteiger partial charge in [0.2, 0.25) is 0 Å². The SMILES string of the molecule is CCCNC(C)(C#N)CCOc1cccc(C)c1C. The molecule has 0 aliphatic heterocycles. The number of nitrogens with zero attached hydrogens (tertiary/aromatic N) is 1. The molecule has 0 bridgehead atoms. The van der Waals surface area contributed by atoms with Gasteiger partial charge in [0.25, 0.3) is 0 Å². The Kier molecular flexibility index (Phi) is 5.85. The van der Waals surface area contributed by atoms with Crippen LogP contribution in [0.3, 0.4) is 0 Å². The molecule has 1 rings (SSSR count). The van der Waals surface area contributed by atoms with Crippen molar-refractivity contribution in [3.63, 3.8) is 0 Å². The van der Waals surface area contributed by atoms with Gasteiger partial charge in [0.15, 0.2) is 0 Å². The van der Waals surface area contributed by atoms with Crippen LogP contribution in [0.1, 0.15) is 37.8 Å². The van der Waals surface area contributed by atoms with Crippen LogP contribution in [0.4, 0.5) is 0 Å². The van der Waals surface area contributed by atoms with E-state index in [1.807, 2.05) is 19.1 Å². The first-order valence-electron chi connectivity index (χ1n) is 6.87. The van der Waals surface area contributed by atoms with E-state index in [0.717, 1.165) is 18.7 Å². The van der Waals surface area contributed by atoms with Crippen molar-refractivity contribution < 1.29 is 4.74 Å². The molecule has 3 nitrogen and oxygen atoms in total. The summed E-state index contributed by atoms with van der Waals surface area (Å²) < 4.78 is 5.80. The van der Waals surface area contributed by atoms with Crippen molar-refractivity contribution in [2.24, 2.45) is 0 Å². The summed E-state index contributed by atoms with van der Waals surface area (Å²) in [5.41, 5.74) is 1.89. The summed E-state index contributed by atoms with van der Waals surface area (Å²) in [6.45, 7) is 9.55. The van der Waals surface area contributed by atoms with Gasteiger partial charge in [0.1, 0.15) is 11.3 Å². The molecule has 0 aliphatic rings. The molecule has 0 aromatic heterocycles. The summed E-state index contributed by atoms with van der Waals surface area (Å²) in [4.78, 5) is 0. The highest BCUT2D eigenvalue weighted by Gasteiger charge is 2.22. The molecule has 1 N–H and O–H groups in total. The van der Waals surface area contributed by atoms with E-state index in [-0.39, 0.29) is 0 Å². The fraction of sp³-hybridized carbons (Fsp3) is 0.562. The minimum absolute atomic E-state index is 0.506. The molecule has 0 heterocycles. The molecule has 1 unspecified atom stereocenters. The molecule has 0 spiro atoms. The molecule has 0 saturated heterocycles. The van der Waals surface area contributed by atoms with Crippen LogP contribution in [0, 0.1) is 25.2 Å². The van der Waals surface area contributed by atoms with E-state index in [9.17, 15) is 5.26 Å². The predicted octanol–water partition coefficient (Wildman–Crippen LogP) is 3.35. The summed E-state index contributed by atoms with van der Waals surface area (Å²) in [5, 5.41) is 12.5. The quantitative estimate of drug-likeness (QED) is 0.817. The van der Waals surface area contributed by atoms with Crippen LogP contribution >= 0.6 is 0 Å². The van der Waals surface area contributed by atoms with Crippen molar-refractivity contribution >= 4 is 0 Å². The third-order valence-corrected chi connectivity index (χ3v) is 3.43. The minimum Gasteiger partial charge on any atom is -0.493 e. The average molecular weight is 260 g/mol. The first-order chi connectivity index (χ1) is 9.02. The highest BCUT2D eigenvalue weighted by atomic mass is 16.5. The minimum atomic E-state index is -0.506. The van der Waals surface area contributed by atoms with Crippen LogP contribution in [-0.4, -0.2) is 18.7 Å². The largest absolute Gasteiger partial charge is 0.493 e. The third kappa shape index (κ3) is 4.57. The third-order valence-electron chi connectivity index (χ3n) is 3.43. The van der Waals surface area contributed by atoms with E-state index < -0.39 is 5.54 Å². The Morgan fingerprint density at radius 2 is 2.11 bits per heavy atom. The zero-order valence-electron chi connectivity index (χ0n) is 12.4. The van der Waals surface area contributed by atoms with Crippen molar-refractivity contribution in [3.05, 3.63) is 29.3 Å². The van der Waals surface area contributed by atoms with Gasteiger partial charge < -0.3 is 4.74 Å². The van der Waals surface area contributed by atoms with Crippen LogP contribution in [0.5, 0.6) is 5.75 Å². The fourth-order valence-electron chi connectivity index (χ4n) is 1.83.